The second-order valence-corrected chi connectivity index (χ2v) is 9.74. The maximum absolute atomic E-state index is 13.4. The normalized spacial score (nSPS) is 22.3. The maximum atomic E-state index is 13.4. The molecule has 0 saturated carbocycles. The second-order valence-electron chi connectivity index (χ2n) is 9.74. The van der Waals surface area contributed by atoms with Gasteiger partial charge < -0.3 is 14.5 Å². The van der Waals surface area contributed by atoms with E-state index in [0.717, 1.165) is 38.3 Å². The van der Waals surface area contributed by atoms with Gasteiger partial charge in [-0.25, -0.2) is 4.90 Å². The van der Waals surface area contributed by atoms with E-state index in [0.29, 0.717) is 12.3 Å². The van der Waals surface area contributed by atoms with Crippen LogP contribution in [0.3, 0.4) is 0 Å². The fraction of sp³-hybridized carbons (Fsp3) is 0.333. The molecule has 0 bridgehead atoms. The molecule has 0 radical (unpaired) electrons. The highest BCUT2D eigenvalue weighted by Crippen LogP contribution is 2.25. The van der Waals surface area contributed by atoms with Crippen molar-refractivity contribution < 1.29 is 24.1 Å². The Kier molecular flexibility index (Phi) is 7.44. The Bertz CT molecular complexity index is 1120. The number of nitrogens with zero attached hydrogens (tertiary/aromatic N) is 1. The van der Waals surface area contributed by atoms with Crippen LogP contribution >= 0.6 is 0 Å². The SMILES string of the molecule is CCCOc1ccc(N2C(=O)C[C@H]([NH+]3CC[NH+](C(c4ccccc4)c4ccccc4)CC3)C2=O)cc1. The Morgan fingerprint density at radius 1 is 0.833 bits per heavy atom. The second kappa shape index (κ2) is 11.1. The van der Waals surface area contributed by atoms with Crippen LogP contribution in [-0.4, -0.2) is 50.6 Å². The first-order valence-corrected chi connectivity index (χ1v) is 13.0. The molecule has 1 atom stereocenters. The van der Waals surface area contributed by atoms with E-state index in [1.54, 1.807) is 0 Å². The van der Waals surface area contributed by atoms with E-state index in [1.807, 2.05) is 24.3 Å². The summed E-state index contributed by atoms with van der Waals surface area (Å²) in [4.78, 5) is 30.4. The van der Waals surface area contributed by atoms with Gasteiger partial charge in [0.25, 0.3) is 5.91 Å². The number of ether oxygens (including phenoxy) is 1. The molecule has 2 saturated heterocycles. The van der Waals surface area contributed by atoms with Gasteiger partial charge in [0.05, 0.1) is 18.7 Å². The lowest BCUT2D eigenvalue weighted by molar-refractivity contribution is -1.03. The highest BCUT2D eigenvalue weighted by atomic mass is 16.5. The summed E-state index contributed by atoms with van der Waals surface area (Å²) in [5.41, 5.74) is 3.26. The highest BCUT2D eigenvalue weighted by molar-refractivity contribution is 6.21. The van der Waals surface area contributed by atoms with Gasteiger partial charge >= 0.3 is 0 Å². The summed E-state index contributed by atoms with van der Waals surface area (Å²) in [6.07, 6.45) is 1.21. The molecule has 36 heavy (non-hydrogen) atoms. The minimum absolute atomic E-state index is 0.0802. The first-order chi connectivity index (χ1) is 17.7. The van der Waals surface area contributed by atoms with Crippen molar-refractivity contribution in [2.45, 2.75) is 31.8 Å². The van der Waals surface area contributed by atoms with Crippen LogP contribution < -0.4 is 19.4 Å². The predicted molar refractivity (Wildman–Crippen MR) is 139 cm³/mol. The third-order valence-electron chi connectivity index (χ3n) is 7.42. The number of hydrogen-bond acceptors (Lipinski definition) is 3. The number of quaternary nitrogens is 2. The average Bonchev–Trinajstić information content (AvgIpc) is 3.23. The van der Waals surface area contributed by atoms with Crippen LogP contribution in [0.1, 0.15) is 36.9 Å². The molecule has 0 unspecified atom stereocenters. The Balaban J connectivity index is 1.26. The molecule has 6 nitrogen and oxygen atoms in total. The quantitative estimate of drug-likeness (QED) is 0.478. The van der Waals surface area contributed by atoms with E-state index in [9.17, 15) is 9.59 Å². The van der Waals surface area contributed by atoms with Gasteiger partial charge in [-0.3, -0.25) is 9.59 Å². The molecule has 2 fully saturated rings. The maximum Gasteiger partial charge on any atom is 0.292 e. The van der Waals surface area contributed by atoms with Crippen LogP contribution in [0.2, 0.25) is 0 Å². The van der Waals surface area contributed by atoms with E-state index in [4.69, 9.17) is 4.74 Å². The Hall–Kier alpha value is -3.48. The van der Waals surface area contributed by atoms with Crippen LogP contribution in [-0.2, 0) is 9.59 Å². The number of carbonyl (C=O) groups is 2. The fourth-order valence-corrected chi connectivity index (χ4v) is 5.62. The summed E-state index contributed by atoms with van der Waals surface area (Å²) in [7, 11) is 0. The Morgan fingerprint density at radius 2 is 1.42 bits per heavy atom. The van der Waals surface area contributed by atoms with Crippen molar-refractivity contribution in [3.63, 3.8) is 0 Å². The molecular formula is C30H35N3O3+2. The number of rotatable bonds is 8. The molecule has 2 aliphatic rings. The largest absolute Gasteiger partial charge is 0.494 e. The smallest absolute Gasteiger partial charge is 0.292 e. The molecule has 6 heteroatoms. The summed E-state index contributed by atoms with van der Waals surface area (Å²) in [5, 5.41) is 0. The topological polar surface area (TPSA) is 55.5 Å². The van der Waals surface area contributed by atoms with Crippen molar-refractivity contribution in [2.24, 2.45) is 0 Å². The number of benzene rings is 3. The first kappa shape index (κ1) is 24.2. The zero-order valence-corrected chi connectivity index (χ0v) is 20.9. The lowest BCUT2D eigenvalue weighted by atomic mass is 9.96. The average molecular weight is 486 g/mol. The van der Waals surface area contributed by atoms with E-state index < -0.39 is 0 Å². The zero-order valence-electron chi connectivity index (χ0n) is 20.9. The van der Waals surface area contributed by atoms with Gasteiger partial charge in [0.15, 0.2) is 6.04 Å². The van der Waals surface area contributed by atoms with Crippen LogP contribution in [0.25, 0.3) is 0 Å². The van der Waals surface area contributed by atoms with E-state index in [1.165, 1.54) is 25.8 Å². The van der Waals surface area contributed by atoms with Gasteiger partial charge in [-0.05, 0) is 30.7 Å². The van der Waals surface area contributed by atoms with Crippen LogP contribution in [0.15, 0.2) is 84.9 Å². The molecular weight excluding hydrogens is 450 g/mol. The van der Waals surface area contributed by atoms with Gasteiger partial charge in [-0.2, -0.15) is 0 Å². The molecule has 2 amide bonds. The third kappa shape index (κ3) is 5.06. The molecule has 5 rings (SSSR count). The minimum Gasteiger partial charge on any atom is -0.494 e. The number of anilines is 1. The molecule has 2 N–H and O–H groups in total. The van der Waals surface area contributed by atoms with Crippen molar-refractivity contribution in [3.8, 4) is 5.75 Å². The van der Waals surface area contributed by atoms with Crippen molar-refractivity contribution >= 4 is 17.5 Å². The van der Waals surface area contributed by atoms with Crippen molar-refractivity contribution in [1.82, 2.24) is 0 Å². The number of carbonyl (C=O) groups excluding carboxylic acids is 2. The molecule has 3 aromatic rings. The molecule has 0 spiro atoms. The molecule has 3 aromatic carbocycles. The first-order valence-electron chi connectivity index (χ1n) is 13.0. The number of nitrogens with one attached hydrogen (secondary N) is 2. The standard InChI is InChI=1S/C30H33N3O3/c1-2-21-36-26-15-13-25(14-16-26)33-28(34)22-27(30(33)35)31-17-19-32(20-18-31)29(23-9-5-3-6-10-23)24-11-7-4-8-12-24/h3-16,27,29H,2,17-22H2,1H3/p+2/t27-/m0/s1. The van der Waals surface area contributed by atoms with Crippen LogP contribution in [0, 0.1) is 0 Å². The number of hydrogen-bond donors (Lipinski definition) is 2. The predicted octanol–water partition coefficient (Wildman–Crippen LogP) is 1.68. The molecule has 186 valence electrons. The monoisotopic (exact) mass is 485 g/mol. The molecule has 0 aromatic heterocycles. The van der Waals surface area contributed by atoms with Gasteiger partial charge in [-0.1, -0.05) is 67.6 Å². The lowest BCUT2D eigenvalue weighted by Crippen LogP contribution is -3.30. The van der Waals surface area contributed by atoms with E-state index >= 15 is 0 Å². The number of piperazine rings is 1. The molecule has 0 aliphatic carbocycles. The van der Waals surface area contributed by atoms with Crippen molar-refractivity contribution in [3.05, 3.63) is 96.1 Å². The van der Waals surface area contributed by atoms with Crippen molar-refractivity contribution in [2.75, 3.05) is 37.7 Å². The van der Waals surface area contributed by atoms with E-state index in [2.05, 4.69) is 67.6 Å². The van der Waals surface area contributed by atoms with Gasteiger partial charge in [0, 0.05) is 11.1 Å². The summed E-state index contributed by atoms with van der Waals surface area (Å²) >= 11 is 0. The third-order valence-corrected chi connectivity index (χ3v) is 7.42. The van der Waals surface area contributed by atoms with Gasteiger partial charge in [0.1, 0.15) is 38.0 Å². The Morgan fingerprint density at radius 3 is 1.97 bits per heavy atom. The number of imide groups is 1. The van der Waals surface area contributed by atoms with Gasteiger partial charge in [0.2, 0.25) is 5.91 Å². The zero-order chi connectivity index (χ0) is 24.9. The molecule has 2 aliphatic heterocycles. The van der Waals surface area contributed by atoms with E-state index in [-0.39, 0.29) is 30.3 Å². The summed E-state index contributed by atoms with van der Waals surface area (Å²) in [6, 6.07) is 28.6. The van der Waals surface area contributed by atoms with Crippen molar-refractivity contribution in [1.29, 1.82) is 0 Å². The summed E-state index contributed by atoms with van der Waals surface area (Å²) in [6.45, 7) is 6.34. The number of amides is 2. The summed E-state index contributed by atoms with van der Waals surface area (Å²) in [5.74, 6) is 0.566. The van der Waals surface area contributed by atoms with Crippen LogP contribution in [0.5, 0.6) is 5.75 Å². The fourth-order valence-electron chi connectivity index (χ4n) is 5.62. The lowest BCUT2D eigenvalue weighted by Gasteiger charge is -2.36. The summed E-state index contributed by atoms with van der Waals surface area (Å²) < 4.78 is 5.64. The molecule has 2 heterocycles. The van der Waals surface area contributed by atoms with Gasteiger partial charge in [-0.15, -0.1) is 0 Å². The minimum atomic E-state index is -0.304. The Labute approximate surface area is 213 Å². The van der Waals surface area contributed by atoms with Crippen LogP contribution in [0.4, 0.5) is 5.69 Å². The highest BCUT2D eigenvalue weighted by Gasteiger charge is 2.47.